The van der Waals surface area contributed by atoms with E-state index in [1.807, 2.05) is 19.1 Å². The van der Waals surface area contributed by atoms with Crippen LogP contribution < -0.4 is 4.90 Å². The summed E-state index contributed by atoms with van der Waals surface area (Å²) in [5.74, 6) is -2.15. The molecule has 0 aromatic heterocycles. The number of para-hydroxylation sites is 1. The van der Waals surface area contributed by atoms with Gasteiger partial charge in [0.05, 0.1) is 46.5 Å². The molecule has 1 N–H and O–H groups in total. The maximum Gasteiger partial charge on any atom is 0.310 e. The highest BCUT2D eigenvalue weighted by molar-refractivity contribution is 8.02. The molecule has 38 heavy (non-hydrogen) atoms. The first-order valence-electron chi connectivity index (χ1n) is 13.4. The summed E-state index contributed by atoms with van der Waals surface area (Å²) in [6.45, 7) is 9.67. The van der Waals surface area contributed by atoms with Crippen LogP contribution in [0.5, 0.6) is 0 Å². The van der Waals surface area contributed by atoms with Crippen LogP contribution in [-0.4, -0.2) is 69.6 Å². The largest absolute Gasteiger partial charge is 0.465 e. The van der Waals surface area contributed by atoms with Crippen LogP contribution in [-0.2, 0) is 19.1 Å². The van der Waals surface area contributed by atoms with Gasteiger partial charge in [-0.25, -0.2) is 0 Å². The molecule has 9 heteroatoms. The Morgan fingerprint density at radius 2 is 2.08 bits per heavy atom. The van der Waals surface area contributed by atoms with Gasteiger partial charge in [-0.3, -0.25) is 14.4 Å². The number of aliphatic hydroxyl groups is 1. The Balaban J connectivity index is 1.70. The fourth-order valence-electron chi connectivity index (χ4n) is 6.36. The summed E-state index contributed by atoms with van der Waals surface area (Å²) in [6.07, 6.45) is 7.79. The van der Waals surface area contributed by atoms with Gasteiger partial charge in [0.2, 0.25) is 5.91 Å². The van der Waals surface area contributed by atoms with Crippen LogP contribution in [0, 0.1) is 11.8 Å². The number of likely N-dealkylation sites (tertiary alicyclic amines) is 1. The van der Waals surface area contributed by atoms with E-state index in [9.17, 15) is 19.5 Å². The quantitative estimate of drug-likeness (QED) is 0.215. The zero-order valence-electron chi connectivity index (χ0n) is 21.9. The SMILES string of the molecule is C=CCCCCOC(=O)[C@@H]1[C@@H]2CCC3(S2)C(C(=O)N(CC=C)c2ccccc2Cl)N([C@@H](CC)CO)C(=O)[C@H]13. The molecule has 7 nitrogen and oxygen atoms in total. The zero-order chi connectivity index (χ0) is 27.4. The lowest BCUT2D eigenvalue weighted by atomic mass is 9.71. The molecule has 2 bridgehead atoms. The summed E-state index contributed by atoms with van der Waals surface area (Å²) in [5.41, 5.74) is 0.538. The Bertz CT molecular complexity index is 1080. The molecule has 3 heterocycles. The van der Waals surface area contributed by atoms with E-state index in [1.54, 1.807) is 45.8 Å². The molecule has 1 spiro atoms. The third-order valence-corrected chi connectivity index (χ3v) is 10.4. The van der Waals surface area contributed by atoms with Crippen LogP contribution in [0.25, 0.3) is 0 Å². The number of hydrogen-bond acceptors (Lipinski definition) is 6. The number of anilines is 1. The number of rotatable bonds is 13. The molecule has 0 saturated carbocycles. The van der Waals surface area contributed by atoms with Gasteiger partial charge in [-0.05, 0) is 50.7 Å². The number of benzene rings is 1. The summed E-state index contributed by atoms with van der Waals surface area (Å²) < 4.78 is 4.89. The molecule has 0 aliphatic carbocycles. The number of nitrogens with zero attached hydrogens (tertiary/aromatic N) is 2. The fraction of sp³-hybridized carbons (Fsp3) is 0.552. The fourth-order valence-corrected chi connectivity index (χ4v) is 8.78. The van der Waals surface area contributed by atoms with E-state index in [0.717, 1.165) is 25.7 Å². The number of esters is 1. The molecule has 0 radical (unpaired) electrons. The molecule has 4 rings (SSSR count). The van der Waals surface area contributed by atoms with Gasteiger partial charge in [-0.1, -0.05) is 42.8 Å². The minimum absolute atomic E-state index is 0.0792. The van der Waals surface area contributed by atoms with Crippen LogP contribution in [0.4, 0.5) is 5.69 Å². The van der Waals surface area contributed by atoms with Gasteiger partial charge in [-0.15, -0.1) is 24.9 Å². The van der Waals surface area contributed by atoms with Crippen molar-refractivity contribution in [1.82, 2.24) is 4.90 Å². The summed E-state index contributed by atoms with van der Waals surface area (Å²) in [7, 11) is 0. The number of aliphatic hydroxyl groups excluding tert-OH is 1. The maximum absolute atomic E-state index is 14.5. The van der Waals surface area contributed by atoms with E-state index in [4.69, 9.17) is 16.3 Å². The van der Waals surface area contributed by atoms with E-state index < -0.39 is 28.7 Å². The molecule has 3 fully saturated rings. The minimum Gasteiger partial charge on any atom is -0.465 e. The number of thioether (sulfide) groups is 1. The lowest BCUT2D eigenvalue weighted by molar-refractivity contribution is -0.154. The normalized spacial score (nSPS) is 28.2. The van der Waals surface area contributed by atoms with Crippen LogP contribution >= 0.6 is 23.4 Å². The smallest absolute Gasteiger partial charge is 0.310 e. The van der Waals surface area contributed by atoms with Gasteiger partial charge in [0, 0.05) is 11.8 Å². The third-order valence-electron chi connectivity index (χ3n) is 8.09. The predicted octanol–water partition coefficient (Wildman–Crippen LogP) is 4.62. The molecule has 3 saturated heterocycles. The Morgan fingerprint density at radius 1 is 1.32 bits per heavy atom. The topological polar surface area (TPSA) is 87.2 Å². The van der Waals surface area contributed by atoms with Crippen molar-refractivity contribution in [3.63, 3.8) is 0 Å². The Labute approximate surface area is 234 Å². The number of hydrogen-bond donors (Lipinski definition) is 1. The molecule has 6 atom stereocenters. The van der Waals surface area contributed by atoms with Crippen molar-refractivity contribution in [1.29, 1.82) is 0 Å². The number of ether oxygens (including phenoxy) is 1. The first-order valence-corrected chi connectivity index (χ1v) is 14.7. The van der Waals surface area contributed by atoms with Crippen molar-refractivity contribution in [3.8, 4) is 0 Å². The van der Waals surface area contributed by atoms with E-state index in [-0.39, 0.29) is 36.2 Å². The van der Waals surface area contributed by atoms with Crippen LogP contribution in [0.15, 0.2) is 49.6 Å². The highest BCUT2D eigenvalue weighted by Gasteiger charge is 2.74. The average molecular weight is 561 g/mol. The Morgan fingerprint density at radius 3 is 2.74 bits per heavy atom. The first kappa shape index (κ1) is 28.7. The Kier molecular flexibility index (Phi) is 9.27. The zero-order valence-corrected chi connectivity index (χ0v) is 23.5. The second-order valence-corrected chi connectivity index (χ2v) is 12.2. The van der Waals surface area contributed by atoms with E-state index in [2.05, 4.69) is 13.2 Å². The van der Waals surface area contributed by atoms with E-state index >= 15 is 0 Å². The first-order chi connectivity index (χ1) is 18.4. The molecule has 1 aromatic rings. The number of carbonyl (C=O) groups is 3. The summed E-state index contributed by atoms with van der Waals surface area (Å²) >= 11 is 8.09. The highest BCUT2D eigenvalue weighted by atomic mass is 35.5. The predicted molar refractivity (Wildman–Crippen MR) is 151 cm³/mol. The molecule has 3 aliphatic heterocycles. The summed E-state index contributed by atoms with van der Waals surface area (Å²) in [5, 5.41) is 10.6. The molecule has 1 aromatic carbocycles. The van der Waals surface area contributed by atoms with Crippen molar-refractivity contribution < 1.29 is 24.2 Å². The van der Waals surface area contributed by atoms with Crippen LogP contribution in [0.3, 0.4) is 0 Å². The molecule has 2 unspecified atom stereocenters. The lowest BCUT2D eigenvalue weighted by Crippen LogP contribution is -2.57. The maximum atomic E-state index is 14.5. The third kappa shape index (κ3) is 4.91. The monoisotopic (exact) mass is 560 g/mol. The molecule has 206 valence electrons. The van der Waals surface area contributed by atoms with Gasteiger partial charge in [0.15, 0.2) is 0 Å². The summed E-state index contributed by atoms with van der Waals surface area (Å²) in [4.78, 5) is 45.1. The second-order valence-electron chi connectivity index (χ2n) is 10.2. The van der Waals surface area contributed by atoms with Crippen molar-refractivity contribution in [2.45, 2.75) is 67.5 Å². The van der Waals surface area contributed by atoms with Gasteiger partial charge < -0.3 is 19.6 Å². The number of allylic oxidation sites excluding steroid dienone is 1. The number of halogens is 1. The van der Waals surface area contributed by atoms with Gasteiger partial charge in [-0.2, -0.15) is 0 Å². The second kappa shape index (κ2) is 12.3. The van der Waals surface area contributed by atoms with Gasteiger partial charge in [0.1, 0.15) is 6.04 Å². The Hall–Kier alpha value is -2.29. The molecular weight excluding hydrogens is 524 g/mol. The van der Waals surface area contributed by atoms with E-state index in [1.165, 1.54) is 0 Å². The van der Waals surface area contributed by atoms with Crippen LogP contribution in [0.1, 0.15) is 45.4 Å². The lowest BCUT2D eigenvalue weighted by Gasteiger charge is -2.39. The van der Waals surface area contributed by atoms with Crippen molar-refractivity contribution in [2.24, 2.45) is 11.8 Å². The molecular formula is C29H37ClN2O5S. The molecule has 2 amide bonds. The molecule has 3 aliphatic rings. The number of carbonyl (C=O) groups excluding carboxylic acids is 3. The highest BCUT2D eigenvalue weighted by Crippen LogP contribution is 2.67. The van der Waals surface area contributed by atoms with Crippen molar-refractivity contribution >= 4 is 46.8 Å². The van der Waals surface area contributed by atoms with Crippen LogP contribution in [0.2, 0.25) is 5.02 Å². The minimum atomic E-state index is -0.839. The van der Waals surface area contributed by atoms with Gasteiger partial charge in [0.25, 0.3) is 5.91 Å². The van der Waals surface area contributed by atoms with E-state index in [0.29, 0.717) is 30.2 Å². The van der Waals surface area contributed by atoms with Crippen molar-refractivity contribution in [2.75, 3.05) is 24.7 Å². The number of amides is 2. The van der Waals surface area contributed by atoms with Crippen molar-refractivity contribution in [3.05, 3.63) is 54.6 Å². The number of fused-ring (bicyclic) bond motifs is 1. The standard InChI is InChI=1S/C29H37ClN2O5S/c1-4-7-8-11-17-37-28(36)23-22-14-15-29(38-22)24(23)26(34)32(19(6-3)18-33)25(29)27(35)31(16-5-2)21-13-10-9-12-20(21)30/h4-5,9-10,12-13,19,22-25,33H,1-2,6-8,11,14-18H2,3H3/t19-,22-,23+,24-,25?,29?/m0/s1. The average Bonchev–Trinajstić information content (AvgIpc) is 3.56. The number of unbranched alkanes of at least 4 members (excludes halogenated alkanes) is 2. The summed E-state index contributed by atoms with van der Waals surface area (Å²) in [6, 6.07) is 5.72. The van der Waals surface area contributed by atoms with Gasteiger partial charge >= 0.3 is 5.97 Å².